The second-order valence-corrected chi connectivity index (χ2v) is 8.70. The van der Waals surface area contributed by atoms with Gasteiger partial charge >= 0.3 is 0 Å². The van der Waals surface area contributed by atoms with Crippen LogP contribution in [0.2, 0.25) is 5.02 Å². The zero-order valence-corrected chi connectivity index (χ0v) is 20.1. The molecule has 5 rings (SSSR count). The molecule has 0 unspecified atom stereocenters. The average Bonchev–Trinajstić information content (AvgIpc) is 3.29. The number of aromatic amines is 1. The molecule has 0 fully saturated rings. The first kappa shape index (κ1) is 22.8. The number of ether oxygens (including phenoxy) is 2. The summed E-state index contributed by atoms with van der Waals surface area (Å²) in [6.45, 7) is 2.97. The molecule has 0 spiro atoms. The van der Waals surface area contributed by atoms with Crippen molar-refractivity contribution >= 4 is 11.6 Å². The molecule has 0 aliphatic heterocycles. The van der Waals surface area contributed by atoms with Crippen molar-refractivity contribution < 1.29 is 9.47 Å². The first-order valence-electron chi connectivity index (χ1n) is 11.5. The van der Waals surface area contributed by atoms with Gasteiger partial charge in [0.2, 0.25) is 0 Å². The van der Waals surface area contributed by atoms with Crippen LogP contribution in [0.4, 0.5) is 0 Å². The molecule has 0 saturated carbocycles. The lowest BCUT2D eigenvalue weighted by molar-refractivity contribution is 0.274. The van der Waals surface area contributed by atoms with Crippen molar-refractivity contribution in [2.45, 2.75) is 20.1 Å². The fourth-order valence-corrected chi connectivity index (χ4v) is 3.98. The number of imidazole rings is 1. The molecule has 0 radical (unpaired) electrons. The second-order valence-electron chi connectivity index (χ2n) is 8.26. The number of H-pyrrole nitrogens is 1. The molecule has 4 aromatic carbocycles. The number of benzene rings is 4. The van der Waals surface area contributed by atoms with Crippen LogP contribution in [-0.2, 0) is 13.2 Å². The van der Waals surface area contributed by atoms with E-state index in [-0.39, 0.29) is 0 Å². The summed E-state index contributed by atoms with van der Waals surface area (Å²) in [5.74, 6) is 2.43. The summed E-state index contributed by atoms with van der Waals surface area (Å²) in [5.41, 5.74) is 6.08. The van der Waals surface area contributed by atoms with Gasteiger partial charge < -0.3 is 14.5 Å². The number of hydrogen-bond acceptors (Lipinski definition) is 3. The highest BCUT2D eigenvalue weighted by atomic mass is 35.5. The van der Waals surface area contributed by atoms with E-state index in [2.05, 4.69) is 17.1 Å². The summed E-state index contributed by atoms with van der Waals surface area (Å²) in [4.78, 5) is 8.19. The number of hydrogen-bond donors (Lipinski definition) is 1. The van der Waals surface area contributed by atoms with E-state index in [1.807, 2.05) is 97.9 Å². The Balaban J connectivity index is 1.25. The van der Waals surface area contributed by atoms with E-state index in [0.29, 0.717) is 18.2 Å². The maximum atomic E-state index is 6.06. The van der Waals surface area contributed by atoms with Crippen LogP contribution in [0.1, 0.15) is 16.8 Å². The summed E-state index contributed by atoms with van der Waals surface area (Å²) in [5, 5.41) is 0.711. The second kappa shape index (κ2) is 10.5. The van der Waals surface area contributed by atoms with Crippen LogP contribution >= 0.6 is 11.6 Å². The lowest BCUT2D eigenvalue weighted by Crippen LogP contribution is -2.01. The van der Waals surface area contributed by atoms with Crippen LogP contribution in [0.15, 0.2) is 103 Å². The van der Waals surface area contributed by atoms with Gasteiger partial charge in [-0.1, -0.05) is 72.3 Å². The molecule has 1 aromatic heterocycles. The summed E-state index contributed by atoms with van der Waals surface area (Å²) in [7, 11) is 0. The Morgan fingerprint density at radius 1 is 0.714 bits per heavy atom. The quantitative estimate of drug-likeness (QED) is 0.246. The molecule has 0 atom stereocenters. The minimum absolute atomic E-state index is 0.422. The molecule has 174 valence electrons. The first-order chi connectivity index (χ1) is 17.2. The van der Waals surface area contributed by atoms with Crippen LogP contribution in [0, 0.1) is 6.92 Å². The lowest BCUT2D eigenvalue weighted by atomic mass is 10.1. The summed E-state index contributed by atoms with van der Waals surface area (Å²) in [6.07, 6.45) is 0. The van der Waals surface area contributed by atoms with Crippen molar-refractivity contribution in [3.63, 3.8) is 0 Å². The van der Waals surface area contributed by atoms with Crippen LogP contribution in [-0.4, -0.2) is 9.97 Å². The number of aromatic nitrogens is 2. The molecule has 1 N–H and O–H groups in total. The normalized spacial score (nSPS) is 10.8. The lowest BCUT2D eigenvalue weighted by Gasteiger charge is -2.13. The SMILES string of the molecule is Cc1[nH]c(-c2ccc(OCc3ccccc3OCc3ccccc3)cc2)nc1-c1ccc(Cl)cc1. The molecule has 5 heteroatoms. The highest BCUT2D eigenvalue weighted by Gasteiger charge is 2.11. The van der Waals surface area contributed by atoms with Crippen LogP contribution in [0.3, 0.4) is 0 Å². The number of halogens is 1. The van der Waals surface area contributed by atoms with Crippen molar-refractivity contribution in [3.05, 3.63) is 125 Å². The zero-order valence-electron chi connectivity index (χ0n) is 19.4. The maximum absolute atomic E-state index is 6.06. The van der Waals surface area contributed by atoms with E-state index in [0.717, 1.165) is 51.0 Å². The predicted molar refractivity (Wildman–Crippen MR) is 141 cm³/mol. The molecule has 0 aliphatic rings. The number of nitrogens with zero attached hydrogens (tertiary/aromatic N) is 1. The third-order valence-corrected chi connectivity index (χ3v) is 5.99. The standard InChI is InChI=1S/C30H25ClN2O2/c1-21-29(23-11-15-26(31)16-12-23)33-30(32-21)24-13-17-27(18-14-24)34-20-25-9-5-6-10-28(25)35-19-22-7-3-2-4-8-22/h2-18H,19-20H2,1H3,(H,32,33). The third kappa shape index (κ3) is 5.56. The van der Waals surface area contributed by atoms with Gasteiger partial charge in [-0.3, -0.25) is 0 Å². The zero-order chi connectivity index (χ0) is 24.0. The smallest absolute Gasteiger partial charge is 0.138 e. The van der Waals surface area contributed by atoms with Crippen LogP contribution in [0.5, 0.6) is 11.5 Å². The molecule has 0 bridgehead atoms. The molecule has 4 nitrogen and oxygen atoms in total. The minimum Gasteiger partial charge on any atom is -0.489 e. The van der Waals surface area contributed by atoms with Crippen LogP contribution < -0.4 is 9.47 Å². The minimum atomic E-state index is 0.422. The number of aryl methyl sites for hydroxylation is 1. The molecule has 5 aromatic rings. The Morgan fingerprint density at radius 3 is 2.17 bits per heavy atom. The average molecular weight is 481 g/mol. The largest absolute Gasteiger partial charge is 0.489 e. The summed E-state index contributed by atoms with van der Waals surface area (Å²) >= 11 is 6.02. The van der Waals surface area contributed by atoms with E-state index in [1.165, 1.54) is 0 Å². The van der Waals surface area contributed by atoms with Gasteiger partial charge in [-0.2, -0.15) is 0 Å². The Hall–Kier alpha value is -4.02. The Labute approximate surface area is 210 Å². The topological polar surface area (TPSA) is 47.1 Å². The van der Waals surface area contributed by atoms with E-state index < -0.39 is 0 Å². The van der Waals surface area contributed by atoms with Crippen molar-refractivity contribution in [2.24, 2.45) is 0 Å². The fourth-order valence-electron chi connectivity index (χ4n) is 3.86. The monoisotopic (exact) mass is 480 g/mol. The molecular formula is C30H25ClN2O2. The summed E-state index contributed by atoms with van der Waals surface area (Å²) in [6, 6.07) is 33.8. The van der Waals surface area contributed by atoms with Gasteiger partial charge in [0.1, 0.15) is 30.5 Å². The molecule has 0 saturated heterocycles. The van der Waals surface area contributed by atoms with Crippen molar-refractivity contribution in [1.82, 2.24) is 9.97 Å². The number of nitrogens with one attached hydrogen (secondary N) is 1. The first-order valence-corrected chi connectivity index (χ1v) is 11.8. The highest BCUT2D eigenvalue weighted by Crippen LogP contribution is 2.28. The van der Waals surface area contributed by atoms with E-state index in [1.54, 1.807) is 0 Å². The van der Waals surface area contributed by atoms with Crippen molar-refractivity contribution in [1.29, 1.82) is 0 Å². The van der Waals surface area contributed by atoms with E-state index in [4.69, 9.17) is 26.1 Å². The van der Waals surface area contributed by atoms with Crippen molar-refractivity contribution in [2.75, 3.05) is 0 Å². The van der Waals surface area contributed by atoms with Gasteiger partial charge in [0.15, 0.2) is 0 Å². The number of para-hydroxylation sites is 1. The molecule has 0 aliphatic carbocycles. The van der Waals surface area contributed by atoms with Gasteiger partial charge in [-0.05, 0) is 55.0 Å². The van der Waals surface area contributed by atoms with E-state index >= 15 is 0 Å². The summed E-state index contributed by atoms with van der Waals surface area (Å²) < 4.78 is 12.1. The predicted octanol–water partition coefficient (Wildman–Crippen LogP) is 7.86. The molecule has 35 heavy (non-hydrogen) atoms. The Bertz CT molecular complexity index is 1400. The highest BCUT2D eigenvalue weighted by molar-refractivity contribution is 6.30. The third-order valence-electron chi connectivity index (χ3n) is 5.73. The fraction of sp³-hybridized carbons (Fsp3) is 0.100. The molecule has 1 heterocycles. The van der Waals surface area contributed by atoms with Gasteiger partial charge in [0.05, 0.1) is 5.69 Å². The van der Waals surface area contributed by atoms with E-state index in [9.17, 15) is 0 Å². The van der Waals surface area contributed by atoms with Gasteiger partial charge in [-0.15, -0.1) is 0 Å². The Morgan fingerprint density at radius 2 is 1.40 bits per heavy atom. The van der Waals surface area contributed by atoms with Gasteiger partial charge in [0, 0.05) is 27.4 Å². The van der Waals surface area contributed by atoms with Crippen molar-refractivity contribution in [3.8, 4) is 34.1 Å². The Kier molecular flexibility index (Phi) is 6.82. The number of rotatable bonds is 8. The van der Waals surface area contributed by atoms with Gasteiger partial charge in [0.25, 0.3) is 0 Å². The van der Waals surface area contributed by atoms with Gasteiger partial charge in [-0.25, -0.2) is 4.98 Å². The molecule has 0 amide bonds. The van der Waals surface area contributed by atoms with Crippen LogP contribution in [0.25, 0.3) is 22.6 Å². The molecular weight excluding hydrogens is 456 g/mol. The maximum Gasteiger partial charge on any atom is 0.138 e.